The van der Waals surface area contributed by atoms with Crippen LogP contribution in [0.15, 0.2) is 18.2 Å². The molecule has 1 aromatic rings. The van der Waals surface area contributed by atoms with Crippen molar-refractivity contribution in [2.45, 2.75) is 78.1 Å². The Morgan fingerprint density at radius 3 is 2.17 bits per heavy atom. The Morgan fingerprint density at radius 2 is 1.57 bits per heavy atom. The molecule has 0 radical (unpaired) electrons. The molecule has 0 atom stereocenters. The standard InChI is InChI=1S/C20H32O3/c1-16(2)10-8-6-4-3-5-7-9-11-18(21)14-17-12-13-19(22)15-20(17)23/h12-13,15-16,22-23H,3-11,14H2,1-2H3. The lowest BCUT2D eigenvalue weighted by atomic mass is 10.0. The molecule has 23 heavy (non-hydrogen) atoms. The van der Waals surface area contributed by atoms with Crippen LogP contribution in [0.25, 0.3) is 0 Å². The minimum absolute atomic E-state index is 0.000234. The van der Waals surface area contributed by atoms with Gasteiger partial charge >= 0.3 is 0 Å². The van der Waals surface area contributed by atoms with E-state index in [0.717, 1.165) is 18.8 Å². The van der Waals surface area contributed by atoms with E-state index < -0.39 is 0 Å². The van der Waals surface area contributed by atoms with Gasteiger partial charge in [0.1, 0.15) is 17.3 Å². The molecule has 0 saturated heterocycles. The molecular weight excluding hydrogens is 288 g/mol. The Bertz CT molecular complexity index is 466. The third-order valence-corrected chi connectivity index (χ3v) is 4.19. The molecule has 0 amide bonds. The van der Waals surface area contributed by atoms with Gasteiger partial charge in [0.05, 0.1) is 0 Å². The smallest absolute Gasteiger partial charge is 0.137 e. The molecule has 0 aliphatic heterocycles. The van der Waals surface area contributed by atoms with Gasteiger partial charge in [-0.3, -0.25) is 4.79 Å². The van der Waals surface area contributed by atoms with Crippen molar-refractivity contribution in [3.05, 3.63) is 23.8 Å². The summed E-state index contributed by atoms with van der Waals surface area (Å²) in [4.78, 5) is 11.9. The van der Waals surface area contributed by atoms with Gasteiger partial charge in [-0.1, -0.05) is 64.9 Å². The number of hydrogen-bond donors (Lipinski definition) is 2. The predicted molar refractivity (Wildman–Crippen MR) is 94.9 cm³/mol. The van der Waals surface area contributed by atoms with Crippen LogP contribution in [0, 0.1) is 5.92 Å². The highest BCUT2D eigenvalue weighted by atomic mass is 16.3. The zero-order valence-corrected chi connectivity index (χ0v) is 14.7. The lowest BCUT2D eigenvalue weighted by Gasteiger charge is -2.06. The predicted octanol–water partition coefficient (Wildman–Crippen LogP) is 5.38. The third kappa shape index (κ3) is 9.27. The van der Waals surface area contributed by atoms with E-state index in [2.05, 4.69) is 13.8 Å². The Labute approximate surface area is 140 Å². The molecule has 0 aromatic heterocycles. The van der Waals surface area contributed by atoms with E-state index in [4.69, 9.17) is 0 Å². The molecule has 0 bridgehead atoms. The van der Waals surface area contributed by atoms with Crippen LogP contribution in [-0.2, 0) is 11.2 Å². The summed E-state index contributed by atoms with van der Waals surface area (Å²) >= 11 is 0. The number of aromatic hydroxyl groups is 2. The van der Waals surface area contributed by atoms with Crippen LogP contribution >= 0.6 is 0 Å². The van der Waals surface area contributed by atoms with Crippen molar-refractivity contribution < 1.29 is 15.0 Å². The number of Topliss-reactive ketones (excluding diaryl/α,β-unsaturated/α-hetero) is 1. The molecule has 0 saturated carbocycles. The van der Waals surface area contributed by atoms with Gasteiger partial charge in [0, 0.05) is 24.5 Å². The Balaban J connectivity index is 2.04. The first-order valence-electron chi connectivity index (χ1n) is 9.01. The van der Waals surface area contributed by atoms with Crippen molar-refractivity contribution in [1.29, 1.82) is 0 Å². The summed E-state index contributed by atoms with van der Waals surface area (Å²) in [5.41, 5.74) is 0.595. The van der Waals surface area contributed by atoms with Crippen molar-refractivity contribution >= 4 is 5.78 Å². The highest BCUT2D eigenvalue weighted by Crippen LogP contribution is 2.23. The fourth-order valence-electron chi connectivity index (χ4n) is 2.76. The van der Waals surface area contributed by atoms with Gasteiger partial charge in [0.2, 0.25) is 0 Å². The number of ketones is 1. The fourth-order valence-corrected chi connectivity index (χ4v) is 2.76. The van der Waals surface area contributed by atoms with E-state index >= 15 is 0 Å². The summed E-state index contributed by atoms with van der Waals surface area (Å²) in [5.74, 6) is 0.990. The number of phenols is 2. The average Bonchev–Trinajstić information content (AvgIpc) is 2.48. The molecule has 130 valence electrons. The number of hydrogen-bond acceptors (Lipinski definition) is 3. The first-order valence-corrected chi connectivity index (χ1v) is 9.01. The molecule has 0 unspecified atom stereocenters. The van der Waals surface area contributed by atoms with Gasteiger partial charge in [0.25, 0.3) is 0 Å². The van der Waals surface area contributed by atoms with E-state index in [9.17, 15) is 15.0 Å². The van der Waals surface area contributed by atoms with Crippen LogP contribution in [0.1, 0.15) is 77.2 Å². The molecule has 2 N–H and O–H groups in total. The molecule has 1 rings (SSSR count). The maximum absolute atomic E-state index is 11.9. The van der Waals surface area contributed by atoms with Crippen LogP contribution in [-0.4, -0.2) is 16.0 Å². The number of rotatable bonds is 12. The second-order valence-electron chi connectivity index (χ2n) is 6.94. The summed E-state index contributed by atoms with van der Waals surface area (Å²) in [5, 5.41) is 18.9. The molecule has 3 heteroatoms. The Hall–Kier alpha value is -1.51. The number of carbonyl (C=O) groups excluding carboxylic acids is 1. The molecule has 0 aliphatic rings. The minimum Gasteiger partial charge on any atom is -0.508 e. The number of unbranched alkanes of at least 4 members (excludes halogenated alkanes) is 6. The van der Waals surface area contributed by atoms with E-state index in [1.165, 1.54) is 50.7 Å². The number of phenolic OH excluding ortho intramolecular Hbond substituents is 2. The Kier molecular flexibility index (Phi) is 9.42. The second kappa shape index (κ2) is 11.1. The van der Waals surface area contributed by atoms with Gasteiger partial charge < -0.3 is 10.2 Å². The highest BCUT2D eigenvalue weighted by Gasteiger charge is 2.08. The van der Waals surface area contributed by atoms with E-state index in [1.807, 2.05) is 0 Å². The summed E-state index contributed by atoms with van der Waals surface area (Å²) in [7, 11) is 0. The summed E-state index contributed by atoms with van der Waals surface area (Å²) in [6.07, 6.45) is 10.7. The second-order valence-corrected chi connectivity index (χ2v) is 6.94. The van der Waals surface area contributed by atoms with Crippen molar-refractivity contribution in [2.75, 3.05) is 0 Å². The van der Waals surface area contributed by atoms with E-state index in [1.54, 1.807) is 6.07 Å². The maximum Gasteiger partial charge on any atom is 0.137 e. The van der Waals surface area contributed by atoms with Crippen molar-refractivity contribution in [1.82, 2.24) is 0 Å². The molecule has 0 spiro atoms. The van der Waals surface area contributed by atoms with Gasteiger partial charge in [-0.05, 0) is 18.4 Å². The van der Waals surface area contributed by atoms with Crippen LogP contribution in [0.4, 0.5) is 0 Å². The van der Waals surface area contributed by atoms with Crippen molar-refractivity contribution in [3.8, 4) is 11.5 Å². The van der Waals surface area contributed by atoms with Gasteiger partial charge in [-0.25, -0.2) is 0 Å². The topological polar surface area (TPSA) is 57.5 Å². The molecule has 3 nitrogen and oxygen atoms in total. The molecule has 0 heterocycles. The number of carbonyl (C=O) groups is 1. The summed E-state index contributed by atoms with van der Waals surface area (Å²) < 4.78 is 0. The average molecular weight is 320 g/mol. The number of benzene rings is 1. The van der Waals surface area contributed by atoms with Crippen LogP contribution < -0.4 is 0 Å². The monoisotopic (exact) mass is 320 g/mol. The van der Waals surface area contributed by atoms with Crippen LogP contribution in [0.3, 0.4) is 0 Å². The maximum atomic E-state index is 11.9. The first-order chi connectivity index (χ1) is 11.0. The minimum atomic E-state index is -0.000234. The summed E-state index contributed by atoms with van der Waals surface area (Å²) in [6, 6.07) is 4.39. The molecule has 0 aliphatic carbocycles. The van der Waals surface area contributed by atoms with Crippen LogP contribution in [0.5, 0.6) is 11.5 Å². The first kappa shape index (κ1) is 19.5. The van der Waals surface area contributed by atoms with Crippen molar-refractivity contribution in [2.24, 2.45) is 5.92 Å². The Morgan fingerprint density at radius 1 is 0.957 bits per heavy atom. The molecule has 1 aromatic carbocycles. The largest absolute Gasteiger partial charge is 0.508 e. The van der Waals surface area contributed by atoms with E-state index in [-0.39, 0.29) is 23.7 Å². The van der Waals surface area contributed by atoms with Crippen molar-refractivity contribution in [3.63, 3.8) is 0 Å². The lowest BCUT2D eigenvalue weighted by molar-refractivity contribution is -0.118. The van der Waals surface area contributed by atoms with Gasteiger partial charge in [-0.15, -0.1) is 0 Å². The van der Waals surface area contributed by atoms with E-state index in [0.29, 0.717) is 12.0 Å². The SMILES string of the molecule is CC(C)CCCCCCCCCC(=O)Cc1ccc(O)cc1O. The lowest BCUT2D eigenvalue weighted by Crippen LogP contribution is -2.02. The van der Waals surface area contributed by atoms with Gasteiger partial charge in [0.15, 0.2) is 0 Å². The summed E-state index contributed by atoms with van der Waals surface area (Å²) in [6.45, 7) is 4.55. The molecular formula is C20H32O3. The zero-order chi connectivity index (χ0) is 17.1. The van der Waals surface area contributed by atoms with Crippen LogP contribution in [0.2, 0.25) is 0 Å². The third-order valence-electron chi connectivity index (χ3n) is 4.19. The molecule has 0 fully saturated rings. The fraction of sp³-hybridized carbons (Fsp3) is 0.650. The van der Waals surface area contributed by atoms with Gasteiger partial charge in [-0.2, -0.15) is 0 Å². The zero-order valence-electron chi connectivity index (χ0n) is 14.7. The quantitative estimate of drug-likeness (QED) is 0.509. The highest BCUT2D eigenvalue weighted by molar-refractivity contribution is 5.81. The normalized spacial score (nSPS) is 11.1.